The number of nitrogens with zero attached hydrogens (tertiary/aromatic N) is 5. The van der Waals surface area contributed by atoms with E-state index in [1.165, 1.54) is 4.68 Å². The van der Waals surface area contributed by atoms with Crippen LogP contribution in [0.3, 0.4) is 0 Å². The van der Waals surface area contributed by atoms with Gasteiger partial charge in [0.05, 0.1) is 12.2 Å². The van der Waals surface area contributed by atoms with E-state index in [2.05, 4.69) is 16.1 Å². The first-order chi connectivity index (χ1) is 14.4. The minimum atomic E-state index is -0.691. The molecule has 0 unspecified atom stereocenters. The summed E-state index contributed by atoms with van der Waals surface area (Å²) < 4.78 is 3.18. The van der Waals surface area contributed by atoms with Gasteiger partial charge in [-0.3, -0.25) is 14.3 Å². The van der Waals surface area contributed by atoms with E-state index in [4.69, 9.17) is 6.42 Å². The zero-order valence-electron chi connectivity index (χ0n) is 16.6. The Hall–Kier alpha value is -3.86. The van der Waals surface area contributed by atoms with E-state index in [-0.39, 0.29) is 17.8 Å². The van der Waals surface area contributed by atoms with Gasteiger partial charge in [0, 0.05) is 18.8 Å². The van der Waals surface area contributed by atoms with Crippen LogP contribution in [0.15, 0.2) is 53.6 Å². The Labute approximate surface area is 173 Å². The van der Waals surface area contributed by atoms with Crippen molar-refractivity contribution in [1.29, 1.82) is 0 Å². The summed E-state index contributed by atoms with van der Waals surface area (Å²) in [6.45, 7) is 4.10. The van der Waals surface area contributed by atoms with Crippen molar-refractivity contribution in [1.82, 2.24) is 24.5 Å². The molecule has 8 nitrogen and oxygen atoms in total. The maximum atomic E-state index is 13.0. The largest absolute Gasteiger partial charge is 0.502 e. The molecule has 0 spiro atoms. The highest BCUT2D eigenvalue weighted by atomic mass is 16.3. The molecule has 0 saturated carbocycles. The fourth-order valence-corrected chi connectivity index (χ4v) is 3.86. The summed E-state index contributed by atoms with van der Waals surface area (Å²) in [6.07, 6.45) is 8.32. The van der Waals surface area contributed by atoms with Gasteiger partial charge in [0.1, 0.15) is 11.7 Å². The van der Waals surface area contributed by atoms with Gasteiger partial charge in [0.15, 0.2) is 11.4 Å². The second kappa shape index (κ2) is 7.52. The average molecular weight is 403 g/mol. The first-order valence-corrected chi connectivity index (χ1v) is 9.60. The summed E-state index contributed by atoms with van der Waals surface area (Å²) in [5.74, 6) is 1.50. The number of aromatic nitrogens is 4. The minimum Gasteiger partial charge on any atom is -0.502 e. The summed E-state index contributed by atoms with van der Waals surface area (Å²) in [6, 6.07) is 10.4. The van der Waals surface area contributed by atoms with E-state index >= 15 is 0 Å². The van der Waals surface area contributed by atoms with Crippen LogP contribution in [0.1, 0.15) is 47.7 Å². The van der Waals surface area contributed by atoms with Gasteiger partial charge >= 0.3 is 0 Å². The third kappa shape index (κ3) is 3.14. The Morgan fingerprint density at radius 3 is 2.57 bits per heavy atom. The Kier molecular flexibility index (Phi) is 4.88. The Morgan fingerprint density at radius 2 is 1.93 bits per heavy atom. The third-order valence-electron chi connectivity index (χ3n) is 5.32. The van der Waals surface area contributed by atoms with Gasteiger partial charge in [-0.1, -0.05) is 30.3 Å². The van der Waals surface area contributed by atoms with Crippen LogP contribution in [0.5, 0.6) is 5.75 Å². The monoisotopic (exact) mass is 403 g/mol. The lowest BCUT2D eigenvalue weighted by Gasteiger charge is -2.40. The highest BCUT2D eigenvalue weighted by molar-refractivity contribution is 5.95. The molecule has 30 heavy (non-hydrogen) atoms. The molecular formula is C22H21N5O3. The van der Waals surface area contributed by atoms with Gasteiger partial charge in [-0.05, 0) is 31.4 Å². The van der Waals surface area contributed by atoms with Crippen molar-refractivity contribution in [2.24, 2.45) is 0 Å². The van der Waals surface area contributed by atoms with Crippen LogP contribution in [-0.4, -0.2) is 48.1 Å². The number of rotatable bonds is 4. The first kappa shape index (κ1) is 19.5. The number of aromatic hydroxyl groups is 1. The predicted molar refractivity (Wildman–Crippen MR) is 110 cm³/mol. The Balaban J connectivity index is 1.95. The number of amides is 1. The number of fused-ring (bicyclic) bond motifs is 1. The van der Waals surface area contributed by atoms with Crippen molar-refractivity contribution >= 4 is 5.91 Å². The highest BCUT2D eigenvalue weighted by Crippen LogP contribution is 2.36. The summed E-state index contributed by atoms with van der Waals surface area (Å²) in [5, 5.41) is 19.1. The molecule has 0 aliphatic carbocycles. The number of hydrogen-bond donors (Lipinski definition) is 1. The lowest BCUT2D eigenvalue weighted by molar-refractivity contribution is 0.0547. The molecule has 152 valence electrons. The van der Waals surface area contributed by atoms with Crippen molar-refractivity contribution in [3.8, 4) is 18.1 Å². The van der Waals surface area contributed by atoms with Gasteiger partial charge in [-0.25, -0.2) is 4.68 Å². The molecule has 8 heteroatoms. The van der Waals surface area contributed by atoms with Crippen LogP contribution in [0, 0.1) is 12.3 Å². The maximum Gasteiger partial charge on any atom is 0.276 e. The minimum absolute atomic E-state index is 0.113. The number of carbonyl (C=O) groups excluding carboxylic acids is 1. The maximum absolute atomic E-state index is 13.0. The van der Waals surface area contributed by atoms with Crippen LogP contribution in [0.25, 0.3) is 0 Å². The first-order valence-electron chi connectivity index (χ1n) is 9.60. The second-order valence-corrected chi connectivity index (χ2v) is 7.45. The molecule has 2 atom stereocenters. The van der Waals surface area contributed by atoms with E-state index in [0.717, 1.165) is 11.8 Å². The molecule has 0 saturated heterocycles. The zero-order valence-corrected chi connectivity index (χ0v) is 16.6. The van der Waals surface area contributed by atoms with Crippen molar-refractivity contribution in [2.45, 2.75) is 32.0 Å². The molecule has 3 heterocycles. The molecule has 0 fully saturated rings. The van der Waals surface area contributed by atoms with Crippen molar-refractivity contribution in [3.63, 3.8) is 0 Å². The van der Waals surface area contributed by atoms with E-state index in [0.29, 0.717) is 12.2 Å². The Bertz CT molecular complexity index is 1190. The summed E-state index contributed by atoms with van der Waals surface area (Å²) >= 11 is 0. The van der Waals surface area contributed by atoms with Crippen LogP contribution in [0.2, 0.25) is 0 Å². The molecule has 1 amide bonds. The number of benzene rings is 1. The smallest absolute Gasteiger partial charge is 0.276 e. The molecule has 1 aliphatic rings. The normalized spacial score (nSPS) is 16.9. The van der Waals surface area contributed by atoms with E-state index in [9.17, 15) is 14.7 Å². The van der Waals surface area contributed by atoms with Gasteiger partial charge in [-0.15, -0.1) is 6.42 Å². The quantitative estimate of drug-likeness (QED) is 0.671. The molecule has 4 rings (SSSR count). The van der Waals surface area contributed by atoms with E-state index < -0.39 is 23.1 Å². The van der Waals surface area contributed by atoms with Crippen LogP contribution < -0.4 is 5.43 Å². The predicted octanol–water partition coefficient (Wildman–Crippen LogP) is 1.82. The van der Waals surface area contributed by atoms with Crippen molar-refractivity contribution < 1.29 is 9.90 Å². The Morgan fingerprint density at radius 1 is 1.20 bits per heavy atom. The van der Waals surface area contributed by atoms with Gasteiger partial charge < -0.3 is 10.0 Å². The van der Waals surface area contributed by atoms with Gasteiger partial charge in [0.25, 0.3) is 5.91 Å². The summed E-state index contributed by atoms with van der Waals surface area (Å²) in [7, 11) is 0. The number of hydrogen-bond acceptors (Lipinski definition) is 5. The standard InChI is InChI=1S/C22H21N5O3/c1-4-16-10-11-26(24-16)19(15-8-6-5-7-9-15)17-13-25(14(2)3)22(30)20-21(29)18(28)12-23-27(17)20/h1,5-12,14,17,19,29H,13H2,2-3H3/t17-,19+/m0/s1. The van der Waals surface area contributed by atoms with Gasteiger partial charge in [0.2, 0.25) is 5.43 Å². The number of terminal acetylenes is 1. The van der Waals surface area contributed by atoms with Crippen molar-refractivity contribution in [3.05, 3.63) is 76.0 Å². The topological polar surface area (TPSA) is 93.3 Å². The van der Waals surface area contributed by atoms with Crippen molar-refractivity contribution in [2.75, 3.05) is 6.54 Å². The second-order valence-electron chi connectivity index (χ2n) is 7.45. The molecule has 0 radical (unpaired) electrons. The lowest BCUT2D eigenvalue weighted by atomic mass is 9.96. The summed E-state index contributed by atoms with van der Waals surface area (Å²) in [5.41, 5.74) is 0.610. The molecule has 1 aromatic carbocycles. The average Bonchev–Trinajstić information content (AvgIpc) is 3.21. The highest BCUT2D eigenvalue weighted by Gasteiger charge is 2.40. The third-order valence-corrected chi connectivity index (χ3v) is 5.32. The molecule has 1 aliphatic heterocycles. The molecule has 3 aromatic rings. The van der Waals surface area contributed by atoms with Crippen LogP contribution in [0.4, 0.5) is 0 Å². The fraction of sp³-hybridized carbons (Fsp3) is 0.273. The number of carbonyl (C=O) groups is 1. The molecular weight excluding hydrogens is 382 g/mol. The molecule has 2 aromatic heterocycles. The zero-order chi connectivity index (χ0) is 21.4. The van der Waals surface area contributed by atoms with E-state index in [1.807, 2.05) is 44.2 Å². The summed E-state index contributed by atoms with van der Waals surface area (Å²) in [4.78, 5) is 26.7. The lowest BCUT2D eigenvalue weighted by Crippen LogP contribution is -2.50. The fourth-order valence-electron chi connectivity index (χ4n) is 3.86. The van der Waals surface area contributed by atoms with Gasteiger partial charge in [-0.2, -0.15) is 10.2 Å². The molecule has 1 N–H and O–H groups in total. The molecule has 0 bridgehead atoms. The SMILES string of the molecule is C#Cc1ccn([C@H](c2ccccc2)[C@@H]2CN(C(C)C)C(=O)c3c(O)c(=O)cnn32)n1. The van der Waals surface area contributed by atoms with E-state index in [1.54, 1.807) is 21.8 Å². The van der Waals surface area contributed by atoms with Crippen LogP contribution >= 0.6 is 0 Å². The van der Waals surface area contributed by atoms with Crippen LogP contribution in [-0.2, 0) is 0 Å².